The summed E-state index contributed by atoms with van der Waals surface area (Å²) in [5, 5.41) is 2.31. The third kappa shape index (κ3) is 6.80. The number of carbonyl (C=O) groups is 3. The molecule has 0 bridgehead atoms. The number of fused-ring (bicyclic) bond motifs is 1. The van der Waals surface area contributed by atoms with Gasteiger partial charge in [0.2, 0.25) is 11.8 Å². The lowest BCUT2D eigenvalue weighted by Gasteiger charge is -2.25. The predicted molar refractivity (Wildman–Crippen MR) is 139 cm³/mol. The summed E-state index contributed by atoms with van der Waals surface area (Å²) in [6.45, 7) is 8.19. The van der Waals surface area contributed by atoms with Crippen molar-refractivity contribution in [2.75, 3.05) is 20.2 Å². The fraction of sp³-hybridized carbons (Fsp3) is 0.556. The van der Waals surface area contributed by atoms with Crippen LogP contribution in [0.15, 0.2) is 23.0 Å². The lowest BCUT2D eigenvalue weighted by atomic mass is 10.1. The highest BCUT2D eigenvalue weighted by molar-refractivity contribution is 6.00. The molecule has 1 aliphatic heterocycles. The Morgan fingerprint density at radius 2 is 2.00 bits per heavy atom. The van der Waals surface area contributed by atoms with Gasteiger partial charge in [-0.2, -0.15) is 0 Å². The summed E-state index contributed by atoms with van der Waals surface area (Å²) in [5.41, 5.74) is 0.971. The van der Waals surface area contributed by atoms with Crippen LogP contribution >= 0.6 is 0 Å². The van der Waals surface area contributed by atoms with Gasteiger partial charge in [-0.15, -0.1) is 0 Å². The van der Waals surface area contributed by atoms with E-state index in [1.165, 1.54) is 14.0 Å². The van der Waals surface area contributed by atoms with Gasteiger partial charge in [-0.1, -0.05) is 24.8 Å². The molecular formula is C27H36N4O6. The first-order valence-electron chi connectivity index (χ1n) is 12.5. The van der Waals surface area contributed by atoms with Gasteiger partial charge in [0.05, 0.1) is 22.7 Å². The number of aromatic nitrogens is 2. The number of ether oxygens (including phenoxy) is 2. The highest BCUT2D eigenvalue weighted by Gasteiger charge is 2.31. The van der Waals surface area contributed by atoms with Crippen LogP contribution in [0.3, 0.4) is 0 Å². The number of nitrogens with one attached hydrogen (secondary N) is 1. The number of para-hydroxylation sites is 1. The Balaban J connectivity index is 1.69. The molecule has 0 saturated carbocycles. The van der Waals surface area contributed by atoms with E-state index in [2.05, 4.69) is 17.2 Å². The monoisotopic (exact) mass is 512 g/mol. The van der Waals surface area contributed by atoms with Gasteiger partial charge in [-0.3, -0.25) is 24.0 Å². The zero-order valence-corrected chi connectivity index (χ0v) is 22.4. The lowest BCUT2D eigenvalue weighted by molar-refractivity contribution is -0.135. The number of amides is 3. The number of carbonyl (C=O) groups excluding carboxylic acids is 3. The minimum atomic E-state index is -0.746. The number of aryl methyl sites for hydroxylation is 1. The van der Waals surface area contributed by atoms with Crippen molar-refractivity contribution in [2.45, 2.75) is 71.1 Å². The second-order valence-corrected chi connectivity index (χ2v) is 10.2. The second kappa shape index (κ2) is 11.6. The summed E-state index contributed by atoms with van der Waals surface area (Å²) in [6, 6.07) is 4.63. The van der Waals surface area contributed by atoms with Crippen molar-refractivity contribution in [1.29, 1.82) is 0 Å². The number of rotatable bonds is 7. The molecule has 1 fully saturated rings. The Labute approximate surface area is 216 Å². The van der Waals surface area contributed by atoms with Crippen molar-refractivity contribution in [3.8, 4) is 11.8 Å². The van der Waals surface area contributed by atoms with E-state index < -0.39 is 17.6 Å². The molecule has 10 heteroatoms. The topological polar surface area (TPSA) is 112 Å². The van der Waals surface area contributed by atoms with Gasteiger partial charge in [0.15, 0.2) is 0 Å². The molecular weight excluding hydrogens is 476 g/mol. The van der Waals surface area contributed by atoms with Crippen LogP contribution in [-0.2, 0) is 26.1 Å². The van der Waals surface area contributed by atoms with Crippen LogP contribution in [0.4, 0.5) is 4.79 Å². The fourth-order valence-electron chi connectivity index (χ4n) is 4.23. The van der Waals surface area contributed by atoms with Crippen LogP contribution in [0, 0.1) is 11.8 Å². The molecule has 0 aliphatic carbocycles. The number of nitrogens with zero attached hydrogens (tertiary/aromatic N) is 3. The van der Waals surface area contributed by atoms with E-state index in [1.54, 1.807) is 26.2 Å². The van der Waals surface area contributed by atoms with Gasteiger partial charge in [0, 0.05) is 27.1 Å². The van der Waals surface area contributed by atoms with E-state index in [-0.39, 0.29) is 43.2 Å². The second-order valence-electron chi connectivity index (χ2n) is 10.2. The van der Waals surface area contributed by atoms with Gasteiger partial charge in [0.25, 0.3) is 0 Å². The Bertz CT molecular complexity index is 1290. The van der Waals surface area contributed by atoms with E-state index in [4.69, 9.17) is 9.47 Å². The fourth-order valence-corrected chi connectivity index (χ4v) is 4.23. The van der Waals surface area contributed by atoms with Crippen molar-refractivity contribution >= 4 is 28.9 Å². The summed E-state index contributed by atoms with van der Waals surface area (Å²) < 4.78 is 14.2. The molecule has 1 aromatic heterocycles. The summed E-state index contributed by atoms with van der Waals surface area (Å²) in [6.07, 6.45) is 1.42. The van der Waals surface area contributed by atoms with Crippen molar-refractivity contribution in [1.82, 2.24) is 19.4 Å². The van der Waals surface area contributed by atoms with Gasteiger partial charge < -0.3 is 14.4 Å². The van der Waals surface area contributed by atoms with E-state index in [0.29, 0.717) is 29.6 Å². The molecule has 1 N–H and O–H groups in total. The van der Waals surface area contributed by atoms with E-state index in [0.717, 1.165) is 6.42 Å². The Hall–Kier alpha value is -3.58. The van der Waals surface area contributed by atoms with Gasteiger partial charge in [-0.05, 0) is 52.2 Å². The zero-order chi connectivity index (χ0) is 27.3. The molecule has 37 heavy (non-hydrogen) atoms. The van der Waals surface area contributed by atoms with E-state index >= 15 is 0 Å². The van der Waals surface area contributed by atoms with Gasteiger partial charge in [-0.25, -0.2) is 9.59 Å². The first-order chi connectivity index (χ1) is 17.4. The van der Waals surface area contributed by atoms with Gasteiger partial charge >= 0.3 is 11.8 Å². The smallest absolute Gasteiger partial charge is 0.410 e. The lowest BCUT2D eigenvalue weighted by Crippen LogP contribution is -2.44. The molecule has 10 nitrogen and oxygen atoms in total. The summed E-state index contributed by atoms with van der Waals surface area (Å²) >= 11 is 0. The molecule has 200 valence electrons. The van der Waals surface area contributed by atoms with E-state index in [1.807, 2.05) is 33.8 Å². The van der Waals surface area contributed by atoms with Crippen LogP contribution in [-0.4, -0.2) is 63.8 Å². The van der Waals surface area contributed by atoms with Crippen LogP contribution < -0.4 is 11.0 Å². The first-order valence-corrected chi connectivity index (χ1v) is 12.5. The number of piperidine rings is 1. The Morgan fingerprint density at radius 3 is 2.65 bits per heavy atom. The quantitative estimate of drug-likeness (QED) is 0.451. The number of hydrogen-bond acceptors (Lipinski definition) is 6. The number of imide groups is 1. The van der Waals surface area contributed by atoms with Crippen LogP contribution in [0.5, 0.6) is 0 Å². The number of imidazole rings is 1. The number of benzene rings is 1. The summed E-state index contributed by atoms with van der Waals surface area (Å²) in [4.78, 5) is 50.7. The SMILES string of the molecule is CCC(CCN(C)C(=O)OC(C)(C)C)OCC#Cc1cccc2c1n(C)c(=O)n2C1CCC(=O)NC1=O. The van der Waals surface area contributed by atoms with E-state index in [9.17, 15) is 19.2 Å². The first kappa shape index (κ1) is 28.0. The largest absolute Gasteiger partial charge is 0.444 e. The molecule has 0 spiro atoms. The molecule has 2 unspecified atom stereocenters. The van der Waals surface area contributed by atoms with Crippen molar-refractivity contribution in [3.63, 3.8) is 0 Å². The summed E-state index contributed by atoms with van der Waals surface area (Å²) in [7, 11) is 3.34. The van der Waals surface area contributed by atoms with Crippen molar-refractivity contribution < 1.29 is 23.9 Å². The Kier molecular flexibility index (Phi) is 8.81. The average molecular weight is 513 g/mol. The molecule has 2 aromatic rings. The van der Waals surface area contributed by atoms with Crippen LogP contribution in [0.2, 0.25) is 0 Å². The van der Waals surface area contributed by atoms with Crippen LogP contribution in [0.1, 0.15) is 65.0 Å². The molecule has 2 heterocycles. The normalized spacial score (nSPS) is 16.6. The highest BCUT2D eigenvalue weighted by atomic mass is 16.6. The van der Waals surface area contributed by atoms with Crippen molar-refractivity contribution in [2.24, 2.45) is 7.05 Å². The molecule has 1 saturated heterocycles. The maximum absolute atomic E-state index is 13.0. The number of hydrogen-bond donors (Lipinski definition) is 1. The molecule has 3 rings (SSSR count). The zero-order valence-electron chi connectivity index (χ0n) is 22.4. The van der Waals surface area contributed by atoms with Gasteiger partial charge in [0.1, 0.15) is 18.2 Å². The molecule has 2 atom stereocenters. The minimum Gasteiger partial charge on any atom is -0.444 e. The maximum atomic E-state index is 13.0. The highest BCUT2D eigenvalue weighted by Crippen LogP contribution is 2.24. The third-order valence-electron chi connectivity index (χ3n) is 6.19. The van der Waals surface area contributed by atoms with Crippen molar-refractivity contribution in [3.05, 3.63) is 34.2 Å². The van der Waals surface area contributed by atoms with Crippen LogP contribution in [0.25, 0.3) is 11.0 Å². The molecule has 1 aliphatic rings. The standard InChI is InChI=1S/C27H36N4O6/c1-7-19(15-16-29(5)26(35)37-27(2,3)4)36-17-9-11-18-10-8-12-20-23(18)30(6)25(34)31(20)21-13-14-22(32)28-24(21)33/h8,10,12,19,21H,7,13-17H2,1-6H3,(H,28,32,33). The maximum Gasteiger partial charge on any atom is 0.410 e. The molecule has 0 radical (unpaired) electrons. The average Bonchev–Trinajstić information content (AvgIpc) is 3.08. The molecule has 1 aromatic carbocycles. The predicted octanol–water partition coefficient (Wildman–Crippen LogP) is 2.72. The molecule has 3 amide bonds. The summed E-state index contributed by atoms with van der Waals surface area (Å²) in [5.74, 6) is 5.31. The Morgan fingerprint density at radius 1 is 1.27 bits per heavy atom. The third-order valence-corrected chi connectivity index (χ3v) is 6.19. The minimum absolute atomic E-state index is 0.0760.